The highest BCUT2D eigenvalue weighted by Crippen LogP contribution is 2.14. The SMILES string of the molecule is C=CCN(CC=C)C(=O)c1ccc(C)c(N)c1. The predicted octanol–water partition coefficient (Wildman–Crippen LogP) is 2.39. The minimum absolute atomic E-state index is 0.0588. The highest BCUT2D eigenvalue weighted by molar-refractivity contribution is 5.95. The molecule has 0 aliphatic carbocycles. The number of nitrogens with zero attached hydrogens (tertiary/aromatic N) is 1. The lowest BCUT2D eigenvalue weighted by Gasteiger charge is -2.19. The van der Waals surface area contributed by atoms with Gasteiger partial charge in [0.1, 0.15) is 0 Å². The minimum atomic E-state index is -0.0588. The standard InChI is InChI=1S/C14H18N2O/c1-4-8-16(9-5-2)14(17)12-7-6-11(3)13(15)10-12/h4-7,10H,1-2,8-9,15H2,3H3. The molecular formula is C14H18N2O. The first-order valence-electron chi connectivity index (χ1n) is 5.47. The maximum atomic E-state index is 12.2. The van der Waals surface area contributed by atoms with Gasteiger partial charge in [-0.25, -0.2) is 0 Å². The average Bonchev–Trinajstić information content (AvgIpc) is 2.31. The molecule has 1 amide bonds. The van der Waals surface area contributed by atoms with Gasteiger partial charge in [0, 0.05) is 24.3 Å². The van der Waals surface area contributed by atoms with Crippen LogP contribution in [0.2, 0.25) is 0 Å². The van der Waals surface area contributed by atoms with Crippen molar-refractivity contribution in [3.05, 3.63) is 54.6 Å². The van der Waals surface area contributed by atoms with Crippen molar-refractivity contribution in [2.75, 3.05) is 18.8 Å². The molecular weight excluding hydrogens is 212 g/mol. The molecule has 0 saturated carbocycles. The van der Waals surface area contributed by atoms with Crippen LogP contribution in [-0.2, 0) is 0 Å². The van der Waals surface area contributed by atoms with E-state index in [1.807, 2.05) is 13.0 Å². The Kier molecular flexibility index (Phi) is 4.52. The largest absolute Gasteiger partial charge is 0.398 e. The van der Waals surface area contributed by atoms with Crippen LogP contribution in [0.15, 0.2) is 43.5 Å². The Labute approximate surface area is 102 Å². The zero-order valence-electron chi connectivity index (χ0n) is 10.1. The summed E-state index contributed by atoms with van der Waals surface area (Å²) in [7, 11) is 0. The Morgan fingerprint density at radius 3 is 2.41 bits per heavy atom. The zero-order chi connectivity index (χ0) is 12.8. The highest BCUT2D eigenvalue weighted by Gasteiger charge is 2.13. The molecule has 0 aliphatic heterocycles. The van der Waals surface area contributed by atoms with Crippen molar-refractivity contribution in [1.29, 1.82) is 0 Å². The van der Waals surface area contributed by atoms with Crippen LogP contribution in [0.1, 0.15) is 15.9 Å². The van der Waals surface area contributed by atoms with E-state index in [4.69, 9.17) is 5.73 Å². The molecule has 0 spiro atoms. The van der Waals surface area contributed by atoms with Gasteiger partial charge in [-0.3, -0.25) is 4.79 Å². The van der Waals surface area contributed by atoms with Crippen LogP contribution in [0.5, 0.6) is 0 Å². The van der Waals surface area contributed by atoms with Gasteiger partial charge in [-0.1, -0.05) is 18.2 Å². The Morgan fingerprint density at radius 2 is 1.94 bits per heavy atom. The van der Waals surface area contributed by atoms with Crippen molar-refractivity contribution in [3.8, 4) is 0 Å². The fourth-order valence-corrected chi connectivity index (χ4v) is 1.51. The van der Waals surface area contributed by atoms with E-state index in [1.54, 1.807) is 29.2 Å². The molecule has 0 unspecified atom stereocenters. The minimum Gasteiger partial charge on any atom is -0.398 e. The fourth-order valence-electron chi connectivity index (χ4n) is 1.51. The first kappa shape index (κ1) is 13.0. The van der Waals surface area contributed by atoms with Crippen molar-refractivity contribution < 1.29 is 4.79 Å². The third-order valence-electron chi connectivity index (χ3n) is 2.51. The Bertz CT molecular complexity index is 428. The monoisotopic (exact) mass is 230 g/mol. The highest BCUT2D eigenvalue weighted by atomic mass is 16.2. The molecule has 1 aromatic rings. The van der Waals surface area contributed by atoms with E-state index in [1.165, 1.54) is 0 Å². The van der Waals surface area contributed by atoms with E-state index in [0.29, 0.717) is 24.3 Å². The summed E-state index contributed by atoms with van der Waals surface area (Å²) in [6.45, 7) is 10.2. The summed E-state index contributed by atoms with van der Waals surface area (Å²) in [5.41, 5.74) is 7.99. The maximum absolute atomic E-state index is 12.2. The number of benzene rings is 1. The van der Waals surface area contributed by atoms with Gasteiger partial charge in [0.15, 0.2) is 0 Å². The number of nitrogens with two attached hydrogens (primary N) is 1. The van der Waals surface area contributed by atoms with Gasteiger partial charge in [-0.15, -0.1) is 13.2 Å². The number of hydrogen-bond donors (Lipinski definition) is 1. The van der Waals surface area contributed by atoms with Gasteiger partial charge in [-0.05, 0) is 24.6 Å². The van der Waals surface area contributed by atoms with E-state index >= 15 is 0 Å². The molecule has 3 nitrogen and oxygen atoms in total. The number of rotatable bonds is 5. The van der Waals surface area contributed by atoms with Crippen LogP contribution in [0.25, 0.3) is 0 Å². The third-order valence-corrected chi connectivity index (χ3v) is 2.51. The normalized spacial score (nSPS) is 9.71. The number of carbonyl (C=O) groups excluding carboxylic acids is 1. The van der Waals surface area contributed by atoms with E-state index in [9.17, 15) is 4.79 Å². The van der Waals surface area contributed by atoms with Crippen LogP contribution in [0.4, 0.5) is 5.69 Å². The first-order valence-corrected chi connectivity index (χ1v) is 5.47. The Balaban J connectivity index is 2.95. The van der Waals surface area contributed by atoms with E-state index in [2.05, 4.69) is 13.2 Å². The zero-order valence-corrected chi connectivity index (χ0v) is 10.1. The van der Waals surface area contributed by atoms with Crippen LogP contribution < -0.4 is 5.73 Å². The van der Waals surface area contributed by atoms with Gasteiger partial charge in [0.05, 0.1) is 0 Å². The summed E-state index contributed by atoms with van der Waals surface area (Å²) in [5, 5.41) is 0. The number of nitrogen functional groups attached to an aromatic ring is 1. The first-order chi connectivity index (χ1) is 8.10. The van der Waals surface area contributed by atoms with Gasteiger partial charge >= 0.3 is 0 Å². The molecule has 0 aliphatic rings. The molecule has 0 bridgehead atoms. The van der Waals surface area contributed by atoms with Crippen molar-refractivity contribution in [2.45, 2.75) is 6.92 Å². The van der Waals surface area contributed by atoms with Crippen LogP contribution in [0.3, 0.4) is 0 Å². The lowest BCUT2D eigenvalue weighted by atomic mass is 10.1. The quantitative estimate of drug-likeness (QED) is 0.623. The fraction of sp³-hybridized carbons (Fsp3) is 0.214. The molecule has 0 heterocycles. The average molecular weight is 230 g/mol. The summed E-state index contributed by atoms with van der Waals surface area (Å²) in [4.78, 5) is 13.8. The number of amides is 1. The van der Waals surface area contributed by atoms with Crippen LogP contribution >= 0.6 is 0 Å². The second kappa shape index (κ2) is 5.89. The van der Waals surface area contributed by atoms with Crippen molar-refractivity contribution in [3.63, 3.8) is 0 Å². The molecule has 0 fully saturated rings. The molecule has 3 heteroatoms. The predicted molar refractivity (Wildman–Crippen MR) is 71.9 cm³/mol. The molecule has 0 saturated heterocycles. The van der Waals surface area contributed by atoms with Crippen molar-refractivity contribution >= 4 is 11.6 Å². The van der Waals surface area contributed by atoms with Crippen molar-refractivity contribution in [1.82, 2.24) is 4.90 Å². The van der Waals surface area contributed by atoms with Crippen LogP contribution in [0, 0.1) is 6.92 Å². The molecule has 0 aromatic heterocycles. The molecule has 90 valence electrons. The second-order valence-electron chi connectivity index (χ2n) is 3.86. The maximum Gasteiger partial charge on any atom is 0.254 e. The van der Waals surface area contributed by atoms with Gasteiger partial charge in [0.25, 0.3) is 5.91 Å². The summed E-state index contributed by atoms with van der Waals surface area (Å²) in [6.07, 6.45) is 3.39. The smallest absolute Gasteiger partial charge is 0.254 e. The van der Waals surface area contributed by atoms with E-state index in [-0.39, 0.29) is 5.91 Å². The molecule has 0 atom stereocenters. The number of anilines is 1. The third kappa shape index (κ3) is 3.21. The lowest BCUT2D eigenvalue weighted by molar-refractivity contribution is 0.0791. The molecule has 0 radical (unpaired) electrons. The Morgan fingerprint density at radius 1 is 1.35 bits per heavy atom. The summed E-state index contributed by atoms with van der Waals surface area (Å²) >= 11 is 0. The summed E-state index contributed by atoms with van der Waals surface area (Å²) < 4.78 is 0. The molecule has 2 N–H and O–H groups in total. The van der Waals surface area contributed by atoms with E-state index < -0.39 is 0 Å². The van der Waals surface area contributed by atoms with Crippen LogP contribution in [-0.4, -0.2) is 23.9 Å². The van der Waals surface area contributed by atoms with E-state index in [0.717, 1.165) is 5.56 Å². The number of aryl methyl sites for hydroxylation is 1. The summed E-state index contributed by atoms with van der Waals surface area (Å²) in [5.74, 6) is -0.0588. The van der Waals surface area contributed by atoms with Crippen molar-refractivity contribution in [2.24, 2.45) is 0 Å². The number of hydrogen-bond acceptors (Lipinski definition) is 2. The van der Waals surface area contributed by atoms with Gasteiger partial charge in [0.2, 0.25) is 0 Å². The Hall–Kier alpha value is -2.03. The van der Waals surface area contributed by atoms with Gasteiger partial charge < -0.3 is 10.6 Å². The summed E-state index contributed by atoms with van der Waals surface area (Å²) in [6, 6.07) is 5.34. The number of carbonyl (C=O) groups is 1. The second-order valence-corrected chi connectivity index (χ2v) is 3.86. The topological polar surface area (TPSA) is 46.3 Å². The van der Waals surface area contributed by atoms with Gasteiger partial charge in [-0.2, -0.15) is 0 Å². The molecule has 1 rings (SSSR count). The lowest BCUT2D eigenvalue weighted by Crippen LogP contribution is -2.31. The molecule has 1 aromatic carbocycles. The molecule has 17 heavy (non-hydrogen) atoms.